The van der Waals surface area contributed by atoms with E-state index in [1.165, 1.54) is 11.3 Å². The standard InChI is InChI=1S/C15H28FN5.HI/c1-6-17-15(18-9-7-8-16)19-11(2)10-14-12(3)20-21(5)13(14)4;/h11H,6-10H2,1-5H3,(H2,17,18,19);1H. The smallest absolute Gasteiger partial charge is 0.191 e. The lowest BCUT2D eigenvalue weighted by atomic mass is 10.1. The average Bonchev–Trinajstić information content (AvgIpc) is 2.66. The third-order valence-electron chi connectivity index (χ3n) is 3.46. The van der Waals surface area contributed by atoms with Crippen LogP contribution in [0.25, 0.3) is 0 Å². The fraction of sp³-hybridized carbons (Fsp3) is 0.733. The highest BCUT2D eigenvalue weighted by Crippen LogP contribution is 2.14. The molecule has 7 heteroatoms. The number of hydrogen-bond acceptors (Lipinski definition) is 2. The molecule has 22 heavy (non-hydrogen) atoms. The van der Waals surface area contributed by atoms with Gasteiger partial charge in [-0.15, -0.1) is 24.0 Å². The Morgan fingerprint density at radius 3 is 2.59 bits per heavy atom. The van der Waals surface area contributed by atoms with Crippen LogP contribution in [0.3, 0.4) is 0 Å². The first-order chi connectivity index (χ1) is 9.99. The molecule has 0 radical (unpaired) electrons. The highest BCUT2D eigenvalue weighted by Gasteiger charge is 2.13. The van der Waals surface area contributed by atoms with Gasteiger partial charge in [0.05, 0.1) is 12.4 Å². The molecule has 2 N–H and O–H groups in total. The number of rotatable bonds is 7. The van der Waals surface area contributed by atoms with Crippen LogP contribution in [-0.4, -0.2) is 41.5 Å². The van der Waals surface area contributed by atoms with Crippen molar-refractivity contribution in [3.63, 3.8) is 0 Å². The van der Waals surface area contributed by atoms with Crippen LogP contribution in [-0.2, 0) is 13.5 Å². The summed E-state index contributed by atoms with van der Waals surface area (Å²) in [5.74, 6) is 0.748. The van der Waals surface area contributed by atoms with Crippen LogP contribution in [0, 0.1) is 13.8 Å². The van der Waals surface area contributed by atoms with Gasteiger partial charge in [0.25, 0.3) is 0 Å². The van der Waals surface area contributed by atoms with E-state index in [9.17, 15) is 4.39 Å². The summed E-state index contributed by atoms with van der Waals surface area (Å²) in [5, 5.41) is 11.0. The van der Waals surface area contributed by atoms with E-state index in [1.807, 2.05) is 25.6 Å². The first kappa shape index (κ1) is 21.1. The number of aromatic nitrogens is 2. The van der Waals surface area contributed by atoms with E-state index < -0.39 is 0 Å². The highest BCUT2D eigenvalue weighted by molar-refractivity contribution is 14.0. The van der Waals surface area contributed by atoms with E-state index in [-0.39, 0.29) is 36.7 Å². The Morgan fingerprint density at radius 1 is 1.41 bits per heavy atom. The number of hydrogen-bond donors (Lipinski definition) is 2. The molecule has 128 valence electrons. The maximum absolute atomic E-state index is 12.2. The lowest BCUT2D eigenvalue weighted by Crippen LogP contribution is -2.43. The van der Waals surface area contributed by atoms with Crippen molar-refractivity contribution < 1.29 is 4.39 Å². The zero-order valence-electron chi connectivity index (χ0n) is 14.2. The topological polar surface area (TPSA) is 54.2 Å². The molecule has 1 aromatic rings. The second kappa shape index (κ2) is 10.8. The summed E-state index contributed by atoms with van der Waals surface area (Å²) < 4.78 is 14.1. The van der Waals surface area contributed by atoms with Crippen molar-refractivity contribution in [1.82, 2.24) is 20.4 Å². The molecule has 0 aliphatic carbocycles. The van der Waals surface area contributed by atoms with Crippen molar-refractivity contribution in [2.45, 2.75) is 46.6 Å². The number of aliphatic imine (C=N–C) groups is 1. The maximum atomic E-state index is 12.2. The van der Waals surface area contributed by atoms with Crippen LogP contribution < -0.4 is 10.6 Å². The molecular formula is C15H29FIN5. The van der Waals surface area contributed by atoms with E-state index in [0.717, 1.165) is 24.6 Å². The summed E-state index contributed by atoms with van der Waals surface area (Å²) in [6, 6.07) is 0.231. The van der Waals surface area contributed by atoms with Crippen LogP contribution in [0.1, 0.15) is 37.2 Å². The van der Waals surface area contributed by atoms with Gasteiger partial charge in [0.15, 0.2) is 5.96 Å². The fourth-order valence-electron chi connectivity index (χ4n) is 2.27. The molecule has 1 rings (SSSR count). The molecule has 1 unspecified atom stereocenters. The number of nitrogens with one attached hydrogen (secondary N) is 2. The molecule has 0 aliphatic rings. The number of aryl methyl sites for hydroxylation is 2. The van der Waals surface area contributed by atoms with Gasteiger partial charge in [0.1, 0.15) is 0 Å². The third kappa shape index (κ3) is 6.50. The van der Waals surface area contributed by atoms with Gasteiger partial charge >= 0.3 is 0 Å². The van der Waals surface area contributed by atoms with E-state index >= 15 is 0 Å². The summed E-state index contributed by atoms with van der Waals surface area (Å²) in [5.41, 5.74) is 3.54. The molecule has 5 nitrogen and oxygen atoms in total. The quantitative estimate of drug-likeness (QED) is 0.306. The van der Waals surface area contributed by atoms with E-state index in [2.05, 4.69) is 34.6 Å². The van der Waals surface area contributed by atoms with Gasteiger partial charge in [0.2, 0.25) is 0 Å². The molecule has 0 aliphatic heterocycles. The van der Waals surface area contributed by atoms with Crippen molar-refractivity contribution in [1.29, 1.82) is 0 Å². The molecule has 0 spiro atoms. The van der Waals surface area contributed by atoms with E-state index in [4.69, 9.17) is 0 Å². The minimum atomic E-state index is -0.327. The van der Waals surface area contributed by atoms with Crippen molar-refractivity contribution in [2.24, 2.45) is 12.0 Å². The normalized spacial score (nSPS) is 12.7. The molecular weight excluding hydrogens is 396 g/mol. The van der Waals surface area contributed by atoms with Crippen molar-refractivity contribution in [2.75, 3.05) is 19.8 Å². The van der Waals surface area contributed by atoms with Crippen LogP contribution >= 0.6 is 24.0 Å². The zero-order chi connectivity index (χ0) is 15.8. The SMILES string of the molecule is CCNC(=NCCCF)NC(C)Cc1c(C)nn(C)c1C.I. The molecule has 0 saturated heterocycles. The Labute approximate surface area is 150 Å². The van der Waals surface area contributed by atoms with Gasteiger partial charge < -0.3 is 10.6 Å². The molecule has 1 aromatic heterocycles. The number of nitrogens with zero attached hydrogens (tertiary/aromatic N) is 3. The molecule has 0 aromatic carbocycles. The predicted molar refractivity (Wildman–Crippen MR) is 101 cm³/mol. The summed E-state index contributed by atoms with van der Waals surface area (Å²) >= 11 is 0. The number of halogens is 2. The number of guanidine groups is 1. The monoisotopic (exact) mass is 425 g/mol. The third-order valence-corrected chi connectivity index (χ3v) is 3.46. The van der Waals surface area contributed by atoms with Gasteiger partial charge in [0, 0.05) is 31.9 Å². The Balaban J connectivity index is 0.00000441. The Kier molecular flexibility index (Phi) is 10.4. The van der Waals surface area contributed by atoms with Gasteiger partial charge in [-0.3, -0.25) is 14.1 Å². The first-order valence-electron chi connectivity index (χ1n) is 7.59. The van der Waals surface area contributed by atoms with Crippen LogP contribution in [0.15, 0.2) is 4.99 Å². The molecule has 0 saturated carbocycles. The summed E-state index contributed by atoms with van der Waals surface area (Å²) in [4.78, 5) is 4.37. The summed E-state index contributed by atoms with van der Waals surface area (Å²) in [6.07, 6.45) is 1.35. The van der Waals surface area contributed by atoms with Gasteiger partial charge in [-0.25, -0.2) is 0 Å². The molecule has 0 fully saturated rings. The summed E-state index contributed by atoms with van der Waals surface area (Å²) in [6.45, 7) is 9.23. The van der Waals surface area contributed by atoms with Crippen molar-refractivity contribution in [3.05, 3.63) is 17.0 Å². The van der Waals surface area contributed by atoms with Crippen molar-refractivity contribution >= 4 is 29.9 Å². The van der Waals surface area contributed by atoms with Crippen LogP contribution in [0.2, 0.25) is 0 Å². The van der Waals surface area contributed by atoms with Gasteiger partial charge in [-0.2, -0.15) is 5.10 Å². The molecule has 1 atom stereocenters. The molecule has 1 heterocycles. The Bertz CT molecular complexity index is 473. The highest BCUT2D eigenvalue weighted by atomic mass is 127. The minimum absolute atomic E-state index is 0. The van der Waals surface area contributed by atoms with E-state index in [0.29, 0.717) is 13.0 Å². The lowest BCUT2D eigenvalue weighted by Gasteiger charge is -2.18. The fourth-order valence-corrected chi connectivity index (χ4v) is 2.27. The molecule has 0 amide bonds. The van der Waals surface area contributed by atoms with E-state index in [1.54, 1.807) is 0 Å². The lowest BCUT2D eigenvalue weighted by molar-refractivity contribution is 0.477. The molecule has 0 bridgehead atoms. The van der Waals surface area contributed by atoms with Crippen molar-refractivity contribution in [3.8, 4) is 0 Å². The van der Waals surface area contributed by atoms with Crippen LogP contribution in [0.4, 0.5) is 4.39 Å². The van der Waals surface area contributed by atoms with Gasteiger partial charge in [-0.1, -0.05) is 0 Å². The number of alkyl halides is 1. The minimum Gasteiger partial charge on any atom is -0.357 e. The predicted octanol–water partition coefficient (Wildman–Crippen LogP) is 2.50. The Hall–Kier alpha value is -0.860. The van der Waals surface area contributed by atoms with Crippen LogP contribution in [0.5, 0.6) is 0 Å². The maximum Gasteiger partial charge on any atom is 0.191 e. The van der Waals surface area contributed by atoms with Gasteiger partial charge in [-0.05, 0) is 46.1 Å². The summed E-state index contributed by atoms with van der Waals surface area (Å²) in [7, 11) is 1.96. The second-order valence-corrected chi connectivity index (χ2v) is 5.33. The zero-order valence-corrected chi connectivity index (χ0v) is 16.6. The second-order valence-electron chi connectivity index (χ2n) is 5.33. The largest absolute Gasteiger partial charge is 0.357 e. The first-order valence-corrected chi connectivity index (χ1v) is 7.59. The average molecular weight is 425 g/mol. The Morgan fingerprint density at radius 2 is 2.09 bits per heavy atom.